The van der Waals surface area contributed by atoms with Gasteiger partial charge in [-0.1, -0.05) is 89.1 Å². The minimum absolute atomic E-state index is 0.243. The van der Waals surface area contributed by atoms with Gasteiger partial charge in [-0.05, 0) is 54.4 Å². The van der Waals surface area contributed by atoms with E-state index in [0.29, 0.717) is 19.3 Å². The van der Waals surface area contributed by atoms with Crippen LogP contribution in [0.15, 0.2) is 48.5 Å². The SMILES string of the molecule is CCCc1ccc(COC(=O)C(CC)CC(CC)C(=O)OCc2ccc(CCC)cc2)cc1. The Labute approximate surface area is 199 Å². The first-order valence-corrected chi connectivity index (χ1v) is 12.5. The number of benzene rings is 2. The van der Waals surface area contributed by atoms with E-state index >= 15 is 0 Å². The maximum Gasteiger partial charge on any atom is 0.309 e. The molecule has 4 heteroatoms. The van der Waals surface area contributed by atoms with Crippen molar-refractivity contribution in [3.05, 3.63) is 70.8 Å². The Balaban J connectivity index is 1.84. The Hall–Kier alpha value is -2.62. The van der Waals surface area contributed by atoms with Crippen LogP contribution in [0, 0.1) is 11.8 Å². The summed E-state index contributed by atoms with van der Waals surface area (Å²) in [6, 6.07) is 16.4. The van der Waals surface area contributed by atoms with Gasteiger partial charge in [0.15, 0.2) is 0 Å². The van der Waals surface area contributed by atoms with Crippen molar-refractivity contribution < 1.29 is 19.1 Å². The molecule has 0 aliphatic rings. The first-order valence-electron chi connectivity index (χ1n) is 12.5. The third-order valence-corrected chi connectivity index (χ3v) is 6.11. The lowest BCUT2D eigenvalue weighted by atomic mass is 9.91. The molecule has 0 saturated heterocycles. The molecular formula is C29H40O4. The topological polar surface area (TPSA) is 52.6 Å². The Morgan fingerprint density at radius 2 is 0.939 bits per heavy atom. The Morgan fingerprint density at radius 1 is 0.606 bits per heavy atom. The maximum atomic E-state index is 12.7. The van der Waals surface area contributed by atoms with Gasteiger partial charge in [-0.25, -0.2) is 0 Å². The number of hydrogen-bond acceptors (Lipinski definition) is 4. The number of hydrogen-bond donors (Lipinski definition) is 0. The Morgan fingerprint density at radius 3 is 1.24 bits per heavy atom. The van der Waals surface area contributed by atoms with Gasteiger partial charge in [0.2, 0.25) is 0 Å². The summed E-state index contributed by atoms with van der Waals surface area (Å²) in [6.45, 7) is 8.76. The van der Waals surface area contributed by atoms with Crippen molar-refractivity contribution in [2.24, 2.45) is 11.8 Å². The fraction of sp³-hybridized carbons (Fsp3) is 0.517. The normalized spacial score (nSPS) is 12.7. The summed E-state index contributed by atoms with van der Waals surface area (Å²) in [4.78, 5) is 25.4. The zero-order chi connectivity index (χ0) is 24.1. The van der Waals surface area contributed by atoms with Gasteiger partial charge in [0.05, 0.1) is 11.8 Å². The maximum absolute atomic E-state index is 12.7. The first kappa shape index (κ1) is 26.6. The molecule has 0 fully saturated rings. The monoisotopic (exact) mass is 452 g/mol. The van der Waals surface area contributed by atoms with Crippen molar-refractivity contribution in [2.75, 3.05) is 0 Å². The molecule has 180 valence electrons. The summed E-state index contributed by atoms with van der Waals surface area (Å²) in [5.74, 6) is -1.11. The second-order valence-corrected chi connectivity index (χ2v) is 8.79. The van der Waals surface area contributed by atoms with E-state index in [1.807, 2.05) is 38.1 Å². The smallest absolute Gasteiger partial charge is 0.309 e. The summed E-state index contributed by atoms with van der Waals surface area (Å²) >= 11 is 0. The van der Waals surface area contributed by atoms with Gasteiger partial charge in [0, 0.05) is 0 Å². The fourth-order valence-electron chi connectivity index (χ4n) is 3.93. The number of carbonyl (C=O) groups excluding carboxylic acids is 2. The van der Waals surface area contributed by atoms with Gasteiger partial charge in [-0.2, -0.15) is 0 Å². The molecule has 0 aliphatic carbocycles. The van der Waals surface area contributed by atoms with Crippen LogP contribution in [0.4, 0.5) is 0 Å². The zero-order valence-corrected chi connectivity index (χ0v) is 20.8. The van der Waals surface area contributed by atoms with Crippen LogP contribution in [0.25, 0.3) is 0 Å². The number of esters is 2. The highest BCUT2D eigenvalue weighted by Gasteiger charge is 2.27. The van der Waals surface area contributed by atoms with Crippen LogP contribution in [-0.4, -0.2) is 11.9 Å². The molecule has 0 aromatic heterocycles. The van der Waals surface area contributed by atoms with Crippen LogP contribution < -0.4 is 0 Å². The van der Waals surface area contributed by atoms with E-state index in [9.17, 15) is 9.59 Å². The first-order chi connectivity index (χ1) is 16.0. The van der Waals surface area contributed by atoms with Gasteiger partial charge in [0.25, 0.3) is 0 Å². The second-order valence-electron chi connectivity index (χ2n) is 8.79. The molecule has 2 aromatic rings. The third kappa shape index (κ3) is 9.03. The van der Waals surface area contributed by atoms with Crippen molar-refractivity contribution in [1.29, 1.82) is 0 Å². The predicted molar refractivity (Wildman–Crippen MR) is 133 cm³/mol. The lowest BCUT2D eigenvalue weighted by molar-refractivity contribution is -0.154. The van der Waals surface area contributed by atoms with Crippen molar-refractivity contribution in [2.45, 2.75) is 85.9 Å². The van der Waals surface area contributed by atoms with Crippen LogP contribution in [0.1, 0.15) is 82.1 Å². The van der Waals surface area contributed by atoms with Gasteiger partial charge in [-0.15, -0.1) is 0 Å². The molecular weight excluding hydrogens is 412 g/mol. The van der Waals surface area contributed by atoms with E-state index in [0.717, 1.165) is 36.8 Å². The second kappa shape index (κ2) is 14.5. The molecule has 2 atom stereocenters. The molecule has 0 bridgehead atoms. The number of aryl methyl sites for hydroxylation is 2. The Kier molecular flexibility index (Phi) is 11.7. The molecule has 0 spiro atoms. The summed E-state index contributed by atoms with van der Waals surface area (Å²) in [5.41, 5.74) is 4.55. The molecule has 2 rings (SSSR count). The van der Waals surface area contributed by atoms with Gasteiger partial charge in [-0.3, -0.25) is 9.59 Å². The van der Waals surface area contributed by atoms with Crippen LogP contribution in [0.2, 0.25) is 0 Å². The molecule has 0 saturated carbocycles. The minimum atomic E-state index is -0.310. The standard InChI is InChI=1S/C29H40O4/c1-5-9-22-11-15-24(16-12-22)20-32-28(30)26(7-3)19-27(8-4)29(31)33-21-25-17-13-23(10-6-2)14-18-25/h11-18,26-27H,5-10,19-21H2,1-4H3. The number of carbonyl (C=O) groups is 2. The Bertz CT molecular complexity index is 767. The third-order valence-electron chi connectivity index (χ3n) is 6.11. The number of ether oxygens (including phenoxy) is 2. The minimum Gasteiger partial charge on any atom is -0.461 e. The highest BCUT2D eigenvalue weighted by Crippen LogP contribution is 2.23. The highest BCUT2D eigenvalue weighted by atomic mass is 16.5. The predicted octanol–water partition coefficient (Wildman–Crippen LogP) is 6.82. The van der Waals surface area contributed by atoms with Crippen LogP contribution in [0.3, 0.4) is 0 Å². The van der Waals surface area contributed by atoms with Gasteiger partial charge < -0.3 is 9.47 Å². The fourth-order valence-corrected chi connectivity index (χ4v) is 3.93. The van der Waals surface area contributed by atoms with Gasteiger partial charge >= 0.3 is 11.9 Å². The molecule has 0 radical (unpaired) electrons. The lowest BCUT2D eigenvalue weighted by Gasteiger charge is -2.20. The van der Waals surface area contributed by atoms with E-state index in [4.69, 9.17) is 9.47 Å². The van der Waals surface area contributed by atoms with Crippen LogP contribution in [0.5, 0.6) is 0 Å². The molecule has 0 aliphatic heterocycles. The summed E-state index contributed by atoms with van der Waals surface area (Å²) in [5, 5.41) is 0. The summed E-state index contributed by atoms with van der Waals surface area (Å²) in [6.07, 6.45) is 6.05. The van der Waals surface area contributed by atoms with E-state index in [1.165, 1.54) is 11.1 Å². The highest BCUT2D eigenvalue weighted by molar-refractivity contribution is 5.76. The van der Waals surface area contributed by atoms with Gasteiger partial charge in [0.1, 0.15) is 13.2 Å². The molecule has 0 N–H and O–H groups in total. The zero-order valence-electron chi connectivity index (χ0n) is 20.8. The summed E-state index contributed by atoms with van der Waals surface area (Å²) < 4.78 is 11.2. The lowest BCUT2D eigenvalue weighted by Crippen LogP contribution is -2.25. The summed E-state index contributed by atoms with van der Waals surface area (Å²) in [7, 11) is 0. The average molecular weight is 453 g/mol. The van der Waals surface area contributed by atoms with E-state index in [2.05, 4.69) is 38.1 Å². The van der Waals surface area contributed by atoms with Crippen molar-refractivity contribution in [3.63, 3.8) is 0 Å². The molecule has 2 unspecified atom stereocenters. The number of rotatable bonds is 14. The van der Waals surface area contributed by atoms with E-state index in [1.54, 1.807) is 0 Å². The van der Waals surface area contributed by atoms with Crippen molar-refractivity contribution in [1.82, 2.24) is 0 Å². The molecule has 0 heterocycles. The van der Waals surface area contributed by atoms with Crippen molar-refractivity contribution in [3.8, 4) is 0 Å². The van der Waals surface area contributed by atoms with Crippen LogP contribution in [-0.2, 0) is 45.1 Å². The quantitative estimate of drug-likeness (QED) is 0.295. The average Bonchev–Trinajstić information content (AvgIpc) is 2.84. The van der Waals surface area contributed by atoms with Crippen molar-refractivity contribution >= 4 is 11.9 Å². The van der Waals surface area contributed by atoms with E-state index in [-0.39, 0.29) is 37.0 Å². The molecule has 2 aromatic carbocycles. The molecule has 0 amide bonds. The van der Waals surface area contributed by atoms with E-state index < -0.39 is 0 Å². The largest absolute Gasteiger partial charge is 0.461 e. The van der Waals surface area contributed by atoms with Crippen LogP contribution >= 0.6 is 0 Å². The molecule has 4 nitrogen and oxygen atoms in total. The molecule has 33 heavy (non-hydrogen) atoms.